The van der Waals surface area contributed by atoms with Crippen molar-refractivity contribution in [1.82, 2.24) is 15.0 Å². The minimum Gasteiger partial charge on any atom is -0.293 e. The zero-order valence-corrected chi connectivity index (χ0v) is 20.8. The van der Waals surface area contributed by atoms with Gasteiger partial charge in [0, 0.05) is 29.4 Å². The van der Waals surface area contributed by atoms with Crippen LogP contribution in [0.2, 0.25) is 0 Å². The van der Waals surface area contributed by atoms with Gasteiger partial charge in [0.15, 0.2) is 5.78 Å². The molecule has 3 atom stereocenters. The molecule has 0 bridgehead atoms. The third kappa shape index (κ3) is 3.60. The van der Waals surface area contributed by atoms with Gasteiger partial charge in [0.2, 0.25) is 0 Å². The number of allylic oxidation sites excluding steroid dienone is 2. The molecule has 0 unspecified atom stereocenters. The van der Waals surface area contributed by atoms with Crippen LogP contribution in [0.15, 0.2) is 90.8 Å². The quantitative estimate of drug-likeness (QED) is 0.356. The van der Waals surface area contributed by atoms with Gasteiger partial charge in [-0.15, -0.1) is 0 Å². The molecule has 5 heteroatoms. The summed E-state index contributed by atoms with van der Waals surface area (Å²) in [6.45, 7) is 3.89. The Bertz CT molecular complexity index is 1570. The molecule has 6 rings (SSSR count). The molecule has 2 aliphatic carbocycles. The second-order valence-electron chi connectivity index (χ2n) is 9.96. The Balaban J connectivity index is 1.58. The van der Waals surface area contributed by atoms with Crippen LogP contribution in [0.3, 0.4) is 0 Å². The van der Waals surface area contributed by atoms with Crippen LogP contribution in [-0.2, 0) is 16.6 Å². The van der Waals surface area contributed by atoms with Crippen LogP contribution >= 0.6 is 0 Å². The monoisotopic (exact) mass is 482 g/mol. The first-order valence-electron chi connectivity index (χ1n) is 12.6. The Hall–Kier alpha value is -4.43. The van der Waals surface area contributed by atoms with Crippen LogP contribution in [-0.4, -0.2) is 20.7 Å². The van der Waals surface area contributed by atoms with Crippen molar-refractivity contribution in [3.63, 3.8) is 0 Å². The van der Waals surface area contributed by atoms with Gasteiger partial charge >= 0.3 is 0 Å². The number of nitriles is 1. The summed E-state index contributed by atoms with van der Waals surface area (Å²) in [4.78, 5) is 27.2. The summed E-state index contributed by atoms with van der Waals surface area (Å²) >= 11 is 0. The number of ketones is 1. The largest absolute Gasteiger partial charge is 0.293 e. The molecule has 0 aliphatic heterocycles. The highest BCUT2D eigenvalue weighted by Crippen LogP contribution is 2.54. The van der Waals surface area contributed by atoms with Crippen molar-refractivity contribution in [3.05, 3.63) is 113 Å². The second-order valence-corrected chi connectivity index (χ2v) is 9.96. The number of Topliss-reactive ketones (excluding diaryl/α,β-unsaturated/α-hetero) is 1. The lowest BCUT2D eigenvalue weighted by molar-refractivity contribution is -0.121. The van der Waals surface area contributed by atoms with E-state index in [1.807, 2.05) is 50.3 Å². The number of rotatable bonds is 3. The van der Waals surface area contributed by atoms with Crippen molar-refractivity contribution in [2.75, 3.05) is 0 Å². The van der Waals surface area contributed by atoms with E-state index in [1.54, 1.807) is 12.4 Å². The molecule has 0 saturated heterocycles. The van der Waals surface area contributed by atoms with Gasteiger partial charge in [-0.05, 0) is 60.6 Å². The highest BCUT2D eigenvalue weighted by atomic mass is 16.1. The van der Waals surface area contributed by atoms with Crippen LogP contribution in [0, 0.1) is 30.1 Å². The Morgan fingerprint density at radius 2 is 1.59 bits per heavy atom. The molecule has 0 N–H and O–H groups in total. The average Bonchev–Trinajstić information content (AvgIpc) is 2.95. The van der Waals surface area contributed by atoms with Gasteiger partial charge in [0.05, 0.1) is 22.4 Å². The van der Waals surface area contributed by atoms with Gasteiger partial charge in [0.25, 0.3) is 0 Å². The summed E-state index contributed by atoms with van der Waals surface area (Å²) < 4.78 is 0. The first-order valence-corrected chi connectivity index (χ1v) is 12.6. The molecule has 0 radical (unpaired) electrons. The third-order valence-electron chi connectivity index (χ3n) is 8.00. The SMILES string of the molecule is Cc1nc(-c2ccc(-c3ccncc3)cc2)c2c(n1)[C@@]1(c3ccccc3)C=C(C#N)C(=O)[C@@H](C)[C@@H]1CC2. The van der Waals surface area contributed by atoms with Crippen molar-refractivity contribution in [2.45, 2.75) is 32.1 Å². The molecule has 2 aromatic heterocycles. The molecule has 5 nitrogen and oxygen atoms in total. The third-order valence-corrected chi connectivity index (χ3v) is 8.00. The van der Waals surface area contributed by atoms with Crippen molar-refractivity contribution in [2.24, 2.45) is 11.8 Å². The fourth-order valence-corrected chi connectivity index (χ4v) is 6.26. The molecule has 180 valence electrons. The number of benzene rings is 2. The predicted octanol–water partition coefficient (Wildman–Crippen LogP) is 6.03. The van der Waals surface area contributed by atoms with E-state index in [2.05, 4.69) is 47.5 Å². The summed E-state index contributed by atoms with van der Waals surface area (Å²) in [7, 11) is 0. The number of carbonyl (C=O) groups is 1. The number of carbonyl (C=O) groups excluding carboxylic acids is 1. The van der Waals surface area contributed by atoms with Crippen molar-refractivity contribution in [1.29, 1.82) is 5.26 Å². The van der Waals surface area contributed by atoms with Gasteiger partial charge in [-0.25, -0.2) is 9.97 Å². The maximum absolute atomic E-state index is 13.1. The summed E-state index contributed by atoms with van der Waals surface area (Å²) in [6, 6.07) is 24.9. The standard InChI is InChI=1S/C32H26N4O/c1-20-28-13-12-27-29(24-10-8-22(9-11-24)23-14-16-34-17-15-23)35-21(2)36-31(27)32(28,18-25(19-33)30(20)37)26-6-4-3-5-7-26/h3-11,14-18,20,28H,12-13H2,1-2H3/t20-,28-,32+/m0/s1. The van der Waals surface area contributed by atoms with E-state index < -0.39 is 5.41 Å². The highest BCUT2D eigenvalue weighted by molar-refractivity contribution is 6.02. The number of hydrogen-bond donors (Lipinski definition) is 0. The number of pyridine rings is 1. The van der Waals surface area contributed by atoms with E-state index in [-0.39, 0.29) is 23.2 Å². The molecule has 2 aliphatic rings. The van der Waals surface area contributed by atoms with Crippen molar-refractivity contribution >= 4 is 5.78 Å². The number of aryl methyl sites for hydroxylation is 1. The van der Waals surface area contributed by atoms with Gasteiger partial charge in [-0.1, -0.05) is 61.5 Å². The molecule has 0 spiro atoms. The fraction of sp³-hybridized carbons (Fsp3) is 0.219. The first-order chi connectivity index (χ1) is 18.0. The maximum atomic E-state index is 13.1. The van der Waals surface area contributed by atoms with Crippen LogP contribution in [0.4, 0.5) is 0 Å². The maximum Gasteiger partial charge on any atom is 0.176 e. The molecule has 0 saturated carbocycles. The van der Waals surface area contributed by atoms with E-state index >= 15 is 0 Å². The van der Waals surface area contributed by atoms with Crippen molar-refractivity contribution < 1.29 is 4.79 Å². The Morgan fingerprint density at radius 1 is 0.919 bits per heavy atom. The first kappa shape index (κ1) is 23.0. The summed E-state index contributed by atoms with van der Waals surface area (Å²) in [5.41, 5.74) is 6.83. The molecule has 2 aromatic carbocycles. The van der Waals surface area contributed by atoms with Crippen LogP contribution < -0.4 is 0 Å². The van der Waals surface area contributed by atoms with E-state index in [1.165, 1.54) is 0 Å². The van der Waals surface area contributed by atoms with Crippen LogP contribution in [0.25, 0.3) is 22.4 Å². The number of aromatic nitrogens is 3. The molecular weight excluding hydrogens is 456 g/mol. The van der Waals surface area contributed by atoms with Crippen molar-refractivity contribution in [3.8, 4) is 28.5 Å². The van der Waals surface area contributed by atoms with Gasteiger partial charge in [-0.3, -0.25) is 9.78 Å². The van der Waals surface area contributed by atoms with Crippen LogP contribution in [0.1, 0.15) is 36.0 Å². The zero-order chi connectivity index (χ0) is 25.6. The second kappa shape index (κ2) is 8.90. The van der Waals surface area contributed by atoms with E-state index in [9.17, 15) is 10.1 Å². The normalized spacial score (nSPS) is 22.4. The molecule has 2 heterocycles. The topological polar surface area (TPSA) is 79.5 Å². The Labute approximate surface area is 216 Å². The van der Waals surface area contributed by atoms with E-state index in [4.69, 9.17) is 9.97 Å². The fourth-order valence-electron chi connectivity index (χ4n) is 6.26. The minimum atomic E-state index is -0.660. The van der Waals surface area contributed by atoms with Gasteiger partial charge in [-0.2, -0.15) is 5.26 Å². The molecular formula is C32H26N4O. The average molecular weight is 483 g/mol. The van der Waals surface area contributed by atoms with E-state index in [0.29, 0.717) is 5.82 Å². The molecule has 0 amide bonds. The lowest BCUT2D eigenvalue weighted by Crippen LogP contribution is -2.48. The smallest absolute Gasteiger partial charge is 0.176 e. The van der Waals surface area contributed by atoms with Crippen LogP contribution in [0.5, 0.6) is 0 Å². The highest BCUT2D eigenvalue weighted by Gasteiger charge is 2.53. The lowest BCUT2D eigenvalue weighted by Gasteiger charge is -2.48. The molecule has 4 aromatic rings. The zero-order valence-electron chi connectivity index (χ0n) is 20.8. The summed E-state index contributed by atoms with van der Waals surface area (Å²) in [6.07, 6.45) is 7.09. The predicted molar refractivity (Wildman–Crippen MR) is 142 cm³/mol. The summed E-state index contributed by atoms with van der Waals surface area (Å²) in [5.74, 6) is 0.356. The Morgan fingerprint density at radius 3 is 2.30 bits per heavy atom. The molecule has 0 fully saturated rings. The lowest BCUT2D eigenvalue weighted by atomic mass is 9.54. The minimum absolute atomic E-state index is 0.0169. The van der Waals surface area contributed by atoms with Gasteiger partial charge in [0.1, 0.15) is 11.9 Å². The molecule has 37 heavy (non-hydrogen) atoms. The number of hydrogen-bond acceptors (Lipinski definition) is 5. The Kier molecular flexibility index (Phi) is 5.53. The number of nitrogens with zero attached hydrogens (tertiary/aromatic N) is 4. The van der Waals surface area contributed by atoms with E-state index in [0.717, 1.165) is 52.0 Å². The summed E-state index contributed by atoms with van der Waals surface area (Å²) in [5, 5.41) is 9.91. The number of fused-ring (bicyclic) bond motifs is 3. The van der Waals surface area contributed by atoms with Gasteiger partial charge < -0.3 is 0 Å².